The number of methoxy groups -OCH3 is 1. The van der Waals surface area contributed by atoms with Crippen molar-refractivity contribution in [2.75, 3.05) is 25.6 Å². The Hall–Kier alpha value is -3.10. The number of nitrogens with one attached hydrogen (secondary N) is 2. The molecule has 2 aliphatic rings. The Kier molecular flexibility index (Phi) is 5.53. The summed E-state index contributed by atoms with van der Waals surface area (Å²) in [7, 11) is 1.48. The maximum absolute atomic E-state index is 12.5. The van der Waals surface area contributed by atoms with Gasteiger partial charge in [-0.3, -0.25) is 19.3 Å². The van der Waals surface area contributed by atoms with Crippen molar-refractivity contribution in [1.82, 2.24) is 10.2 Å². The van der Waals surface area contributed by atoms with Crippen LogP contribution in [0.1, 0.15) is 31.2 Å². The first-order chi connectivity index (χ1) is 13.3. The molecule has 9 nitrogen and oxygen atoms in total. The van der Waals surface area contributed by atoms with E-state index in [4.69, 9.17) is 9.47 Å². The number of ether oxygens (including phenoxy) is 2. The molecule has 1 saturated carbocycles. The van der Waals surface area contributed by atoms with E-state index in [1.807, 2.05) is 13.0 Å². The van der Waals surface area contributed by atoms with Crippen LogP contribution in [0, 0.1) is 6.92 Å². The van der Waals surface area contributed by atoms with E-state index in [1.165, 1.54) is 7.11 Å². The summed E-state index contributed by atoms with van der Waals surface area (Å²) in [5.74, 6) is -1.31. The number of amides is 4. The van der Waals surface area contributed by atoms with Gasteiger partial charge in [0.15, 0.2) is 6.61 Å². The molecule has 0 radical (unpaired) electrons. The molecular formula is C19H23N3O6. The van der Waals surface area contributed by atoms with Crippen LogP contribution in [0.5, 0.6) is 5.75 Å². The Morgan fingerprint density at radius 1 is 1.25 bits per heavy atom. The fourth-order valence-electron chi connectivity index (χ4n) is 3.56. The predicted octanol–water partition coefficient (Wildman–Crippen LogP) is 1.35. The van der Waals surface area contributed by atoms with Crippen LogP contribution < -0.4 is 15.4 Å². The van der Waals surface area contributed by atoms with Gasteiger partial charge in [0.1, 0.15) is 17.8 Å². The average Bonchev–Trinajstić information content (AvgIpc) is 3.21. The number of carbonyl (C=O) groups is 4. The van der Waals surface area contributed by atoms with Gasteiger partial charge < -0.3 is 20.1 Å². The van der Waals surface area contributed by atoms with Crippen molar-refractivity contribution in [2.24, 2.45) is 0 Å². The fourth-order valence-corrected chi connectivity index (χ4v) is 3.56. The first-order valence-corrected chi connectivity index (χ1v) is 9.09. The summed E-state index contributed by atoms with van der Waals surface area (Å²) in [5, 5.41) is 5.29. The molecule has 28 heavy (non-hydrogen) atoms. The highest BCUT2D eigenvalue weighted by atomic mass is 16.5. The van der Waals surface area contributed by atoms with E-state index in [0.717, 1.165) is 23.3 Å². The standard InChI is InChI=1S/C19H23N3O6/c1-12-5-6-14(27-2)13(9-12)20-15(23)11-28-16(24)10-22-17(25)19(21-18(22)26)7-3-4-8-19/h5-6,9H,3-4,7-8,10-11H2,1-2H3,(H,20,23)(H,21,26). The molecule has 1 aliphatic carbocycles. The molecular weight excluding hydrogens is 366 g/mol. The van der Waals surface area contributed by atoms with Gasteiger partial charge in [-0.05, 0) is 37.5 Å². The number of imide groups is 1. The van der Waals surface area contributed by atoms with Crippen LogP contribution in [-0.4, -0.2) is 54.5 Å². The number of carbonyl (C=O) groups excluding carboxylic acids is 4. The number of hydrogen-bond donors (Lipinski definition) is 2. The van der Waals surface area contributed by atoms with Crippen molar-refractivity contribution in [3.8, 4) is 5.75 Å². The molecule has 0 bridgehead atoms. The molecule has 3 rings (SSSR count). The lowest BCUT2D eigenvalue weighted by atomic mass is 9.98. The maximum atomic E-state index is 12.5. The third-order valence-corrected chi connectivity index (χ3v) is 4.98. The first-order valence-electron chi connectivity index (χ1n) is 9.09. The lowest BCUT2D eigenvalue weighted by Gasteiger charge is -2.19. The van der Waals surface area contributed by atoms with Crippen molar-refractivity contribution in [3.63, 3.8) is 0 Å². The quantitative estimate of drug-likeness (QED) is 0.561. The Morgan fingerprint density at radius 3 is 2.64 bits per heavy atom. The molecule has 1 aromatic rings. The minimum Gasteiger partial charge on any atom is -0.495 e. The highest BCUT2D eigenvalue weighted by Gasteiger charge is 2.52. The van der Waals surface area contributed by atoms with Gasteiger partial charge in [0.2, 0.25) is 0 Å². The molecule has 1 aliphatic heterocycles. The van der Waals surface area contributed by atoms with Crippen molar-refractivity contribution >= 4 is 29.5 Å². The predicted molar refractivity (Wildman–Crippen MR) is 98.8 cm³/mol. The second-order valence-electron chi connectivity index (χ2n) is 7.02. The zero-order valence-electron chi connectivity index (χ0n) is 15.9. The van der Waals surface area contributed by atoms with Gasteiger partial charge in [0.25, 0.3) is 11.8 Å². The van der Waals surface area contributed by atoms with Crippen LogP contribution >= 0.6 is 0 Å². The van der Waals surface area contributed by atoms with Gasteiger partial charge in [0, 0.05) is 0 Å². The SMILES string of the molecule is COc1ccc(C)cc1NC(=O)COC(=O)CN1C(=O)NC2(CCCC2)C1=O. The number of esters is 1. The van der Waals surface area contributed by atoms with Crippen LogP contribution in [0.25, 0.3) is 0 Å². The van der Waals surface area contributed by atoms with E-state index in [-0.39, 0.29) is 0 Å². The van der Waals surface area contributed by atoms with Crippen molar-refractivity contribution in [3.05, 3.63) is 23.8 Å². The van der Waals surface area contributed by atoms with Crippen molar-refractivity contribution in [2.45, 2.75) is 38.1 Å². The summed E-state index contributed by atoms with van der Waals surface area (Å²) in [4.78, 5) is 49.5. The van der Waals surface area contributed by atoms with Gasteiger partial charge in [0.05, 0.1) is 12.8 Å². The lowest BCUT2D eigenvalue weighted by Crippen LogP contribution is -2.44. The van der Waals surface area contributed by atoms with Gasteiger partial charge in [-0.25, -0.2) is 4.79 Å². The molecule has 1 saturated heterocycles. The summed E-state index contributed by atoms with van der Waals surface area (Å²) in [6, 6.07) is 4.68. The molecule has 1 aromatic carbocycles. The van der Waals surface area contributed by atoms with E-state index in [1.54, 1.807) is 12.1 Å². The molecule has 150 valence electrons. The van der Waals surface area contributed by atoms with Crippen LogP contribution in [0.3, 0.4) is 0 Å². The summed E-state index contributed by atoms with van der Waals surface area (Å²) in [6.07, 6.45) is 2.85. The third-order valence-electron chi connectivity index (χ3n) is 4.98. The number of urea groups is 1. The smallest absolute Gasteiger partial charge is 0.326 e. The van der Waals surface area contributed by atoms with E-state index >= 15 is 0 Å². The second kappa shape index (κ2) is 7.87. The molecule has 1 spiro atoms. The Balaban J connectivity index is 1.52. The van der Waals surface area contributed by atoms with Gasteiger partial charge in [-0.1, -0.05) is 18.9 Å². The normalized spacial score (nSPS) is 17.6. The molecule has 4 amide bonds. The number of benzene rings is 1. The van der Waals surface area contributed by atoms with Crippen molar-refractivity contribution < 1.29 is 28.7 Å². The summed E-state index contributed by atoms with van der Waals surface area (Å²) < 4.78 is 10.1. The van der Waals surface area contributed by atoms with Crippen LogP contribution in [0.4, 0.5) is 10.5 Å². The molecule has 0 aromatic heterocycles. The zero-order chi connectivity index (χ0) is 20.3. The summed E-state index contributed by atoms with van der Waals surface area (Å²) in [5.41, 5.74) is 0.504. The fraction of sp³-hybridized carbons (Fsp3) is 0.474. The maximum Gasteiger partial charge on any atom is 0.326 e. The lowest BCUT2D eigenvalue weighted by molar-refractivity contribution is -0.150. The second-order valence-corrected chi connectivity index (χ2v) is 7.02. The van der Waals surface area contributed by atoms with Gasteiger partial charge in [-0.15, -0.1) is 0 Å². The summed E-state index contributed by atoms with van der Waals surface area (Å²) >= 11 is 0. The monoisotopic (exact) mass is 389 g/mol. The minimum absolute atomic E-state index is 0.402. The average molecular weight is 389 g/mol. The van der Waals surface area contributed by atoms with Crippen LogP contribution in [-0.2, 0) is 19.1 Å². The van der Waals surface area contributed by atoms with Crippen molar-refractivity contribution in [1.29, 1.82) is 0 Å². The Morgan fingerprint density at radius 2 is 1.96 bits per heavy atom. The number of aryl methyl sites for hydroxylation is 1. The van der Waals surface area contributed by atoms with E-state index in [9.17, 15) is 19.2 Å². The number of rotatable bonds is 6. The Labute approximate surface area is 162 Å². The number of nitrogens with zero attached hydrogens (tertiary/aromatic N) is 1. The molecule has 2 N–H and O–H groups in total. The minimum atomic E-state index is -0.879. The van der Waals surface area contributed by atoms with E-state index in [0.29, 0.717) is 24.3 Å². The van der Waals surface area contributed by atoms with Crippen LogP contribution in [0.2, 0.25) is 0 Å². The number of anilines is 1. The highest BCUT2D eigenvalue weighted by Crippen LogP contribution is 2.34. The molecule has 2 fully saturated rings. The van der Waals surface area contributed by atoms with Gasteiger partial charge in [-0.2, -0.15) is 0 Å². The largest absolute Gasteiger partial charge is 0.495 e. The van der Waals surface area contributed by atoms with Gasteiger partial charge >= 0.3 is 12.0 Å². The first kappa shape index (κ1) is 19.7. The Bertz CT molecular complexity index is 816. The molecule has 1 heterocycles. The molecule has 0 unspecified atom stereocenters. The summed E-state index contributed by atoms with van der Waals surface area (Å²) in [6.45, 7) is 0.808. The van der Waals surface area contributed by atoms with E-state index < -0.39 is 42.5 Å². The topological polar surface area (TPSA) is 114 Å². The molecule has 9 heteroatoms. The highest BCUT2D eigenvalue weighted by molar-refractivity contribution is 6.09. The van der Waals surface area contributed by atoms with Crippen LogP contribution in [0.15, 0.2) is 18.2 Å². The number of hydrogen-bond acceptors (Lipinski definition) is 6. The molecule has 0 atom stereocenters. The zero-order valence-corrected chi connectivity index (χ0v) is 15.9. The third kappa shape index (κ3) is 3.92. The van der Waals surface area contributed by atoms with E-state index in [2.05, 4.69) is 10.6 Å².